The van der Waals surface area contributed by atoms with E-state index in [1.165, 1.54) is 0 Å². The number of pyridine rings is 1. The second kappa shape index (κ2) is 6.88. The lowest BCUT2D eigenvalue weighted by Crippen LogP contribution is -2.14. The molecule has 1 amide bonds. The Morgan fingerprint density at radius 1 is 1.46 bits per heavy atom. The van der Waals surface area contributed by atoms with Gasteiger partial charge in [0.1, 0.15) is 17.6 Å². The predicted molar refractivity (Wildman–Crippen MR) is 91.5 cm³/mol. The molecule has 1 aromatic heterocycles. The number of carbonyl (C=O) groups excluding carboxylic acids is 1. The third-order valence-electron chi connectivity index (χ3n) is 3.83. The topological polar surface area (TPSA) is 86.5 Å². The van der Waals surface area contributed by atoms with Crippen molar-refractivity contribution in [2.45, 2.75) is 32.9 Å². The molecular formula is C18H21N3O3. The Hall–Kier alpha value is -2.60. The Morgan fingerprint density at radius 2 is 2.29 bits per heavy atom. The molecule has 1 aliphatic heterocycles. The van der Waals surface area contributed by atoms with Crippen molar-refractivity contribution in [3.05, 3.63) is 47.3 Å². The number of fused-ring (bicyclic) bond motifs is 1. The van der Waals surface area contributed by atoms with Crippen LogP contribution >= 0.6 is 0 Å². The summed E-state index contributed by atoms with van der Waals surface area (Å²) in [6.45, 7) is 4.73. The van der Waals surface area contributed by atoms with Gasteiger partial charge < -0.3 is 20.5 Å². The van der Waals surface area contributed by atoms with Gasteiger partial charge in [-0.25, -0.2) is 0 Å². The number of amides is 1. The summed E-state index contributed by atoms with van der Waals surface area (Å²) < 4.78 is 11.4. The molecule has 24 heavy (non-hydrogen) atoms. The van der Waals surface area contributed by atoms with Crippen LogP contribution in [0.2, 0.25) is 0 Å². The van der Waals surface area contributed by atoms with Crippen LogP contribution in [0.3, 0.4) is 0 Å². The van der Waals surface area contributed by atoms with Crippen molar-refractivity contribution in [1.29, 1.82) is 0 Å². The maximum atomic E-state index is 12.5. The molecule has 1 unspecified atom stereocenters. The van der Waals surface area contributed by atoms with Crippen LogP contribution in [0.5, 0.6) is 11.5 Å². The molecule has 6 nitrogen and oxygen atoms in total. The lowest BCUT2D eigenvalue weighted by Gasteiger charge is -2.14. The van der Waals surface area contributed by atoms with Gasteiger partial charge in [0.2, 0.25) is 0 Å². The van der Waals surface area contributed by atoms with Gasteiger partial charge in [-0.15, -0.1) is 0 Å². The molecule has 0 saturated heterocycles. The monoisotopic (exact) mass is 327 g/mol. The lowest BCUT2D eigenvalue weighted by molar-refractivity contribution is 0.102. The standard InChI is InChI=1S/C18H21N3O3/c1-3-23-17-8-13-6-11(2)24-16(13)9-15(17)21-18(22)12-4-5-20-14(7-12)10-19/h4-5,7-9,11H,3,6,10,19H2,1-2H3,(H,21,22). The Kier molecular flexibility index (Phi) is 4.66. The van der Waals surface area contributed by atoms with E-state index < -0.39 is 0 Å². The summed E-state index contributed by atoms with van der Waals surface area (Å²) in [6.07, 6.45) is 2.55. The molecule has 126 valence electrons. The highest BCUT2D eigenvalue weighted by atomic mass is 16.5. The minimum absolute atomic E-state index is 0.132. The number of aromatic nitrogens is 1. The molecule has 1 aromatic carbocycles. The number of anilines is 1. The largest absolute Gasteiger partial charge is 0.492 e. The maximum absolute atomic E-state index is 12.5. The molecular weight excluding hydrogens is 306 g/mol. The fourth-order valence-corrected chi connectivity index (χ4v) is 2.74. The van der Waals surface area contributed by atoms with Crippen LogP contribution in [0.15, 0.2) is 30.5 Å². The smallest absolute Gasteiger partial charge is 0.255 e. The Bertz CT molecular complexity index is 761. The van der Waals surface area contributed by atoms with E-state index in [4.69, 9.17) is 15.2 Å². The van der Waals surface area contributed by atoms with Gasteiger partial charge in [0, 0.05) is 36.4 Å². The Morgan fingerprint density at radius 3 is 3.04 bits per heavy atom. The first-order valence-electron chi connectivity index (χ1n) is 8.03. The second-order valence-corrected chi connectivity index (χ2v) is 5.72. The van der Waals surface area contributed by atoms with Gasteiger partial charge in [0.05, 0.1) is 18.0 Å². The van der Waals surface area contributed by atoms with Crippen molar-refractivity contribution in [2.24, 2.45) is 5.73 Å². The first-order valence-corrected chi connectivity index (χ1v) is 8.03. The normalized spacial score (nSPS) is 15.5. The molecule has 0 saturated carbocycles. The van der Waals surface area contributed by atoms with E-state index in [1.807, 2.05) is 26.0 Å². The molecule has 1 aliphatic rings. The van der Waals surface area contributed by atoms with E-state index in [1.54, 1.807) is 18.3 Å². The summed E-state index contributed by atoms with van der Waals surface area (Å²) in [6, 6.07) is 7.10. The van der Waals surface area contributed by atoms with E-state index in [0.717, 1.165) is 17.7 Å². The van der Waals surface area contributed by atoms with E-state index in [9.17, 15) is 4.79 Å². The van der Waals surface area contributed by atoms with Crippen LogP contribution in [0.4, 0.5) is 5.69 Å². The minimum atomic E-state index is -0.237. The summed E-state index contributed by atoms with van der Waals surface area (Å²) >= 11 is 0. The molecule has 3 rings (SSSR count). The number of hydrogen-bond acceptors (Lipinski definition) is 5. The van der Waals surface area contributed by atoms with Gasteiger partial charge in [-0.2, -0.15) is 0 Å². The number of hydrogen-bond donors (Lipinski definition) is 2. The van der Waals surface area contributed by atoms with Gasteiger partial charge in [-0.3, -0.25) is 9.78 Å². The zero-order valence-electron chi connectivity index (χ0n) is 13.8. The summed E-state index contributed by atoms with van der Waals surface area (Å²) in [7, 11) is 0. The van der Waals surface area contributed by atoms with Gasteiger partial charge in [0.25, 0.3) is 5.91 Å². The summed E-state index contributed by atoms with van der Waals surface area (Å²) in [4.78, 5) is 16.6. The second-order valence-electron chi connectivity index (χ2n) is 5.72. The van der Waals surface area contributed by atoms with E-state index in [-0.39, 0.29) is 18.6 Å². The Balaban J connectivity index is 1.88. The van der Waals surface area contributed by atoms with Crippen LogP contribution < -0.4 is 20.5 Å². The van der Waals surface area contributed by atoms with E-state index in [0.29, 0.717) is 29.3 Å². The predicted octanol–water partition coefficient (Wildman–Crippen LogP) is 2.51. The molecule has 1 atom stereocenters. The number of rotatable bonds is 5. The quantitative estimate of drug-likeness (QED) is 0.881. The molecule has 2 aromatic rings. The van der Waals surface area contributed by atoms with Crippen molar-refractivity contribution in [1.82, 2.24) is 4.98 Å². The number of carbonyl (C=O) groups is 1. The molecule has 3 N–H and O–H groups in total. The highest BCUT2D eigenvalue weighted by Crippen LogP contribution is 2.38. The molecule has 6 heteroatoms. The van der Waals surface area contributed by atoms with Crippen molar-refractivity contribution in [3.8, 4) is 11.5 Å². The van der Waals surface area contributed by atoms with Crippen LogP contribution in [0.25, 0.3) is 0 Å². The number of ether oxygens (including phenoxy) is 2. The molecule has 2 heterocycles. The molecule has 0 bridgehead atoms. The highest BCUT2D eigenvalue weighted by Gasteiger charge is 2.22. The number of nitrogens with zero attached hydrogens (tertiary/aromatic N) is 1. The number of benzene rings is 1. The summed E-state index contributed by atoms with van der Waals surface area (Å²) in [5, 5.41) is 2.89. The fourth-order valence-electron chi connectivity index (χ4n) is 2.74. The van der Waals surface area contributed by atoms with Crippen molar-refractivity contribution in [3.63, 3.8) is 0 Å². The zero-order valence-corrected chi connectivity index (χ0v) is 13.8. The van der Waals surface area contributed by atoms with Gasteiger partial charge in [0.15, 0.2) is 0 Å². The number of nitrogens with one attached hydrogen (secondary N) is 1. The van der Waals surface area contributed by atoms with E-state index >= 15 is 0 Å². The van der Waals surface area contributed by atoms with Crippen LogP contribution in [0, 0.1) is 0 Å². The third-order valence-corrected chi connectivity index (χ3v) is 3.83. The van der Waals surface area contributed by atoms with Crippen molar-refractivity contribution in [2.75, 3.05) is 11.9 Å². The molecule has 0 fully saturated rings. The number of nitrogens with two attached hydrogens (primary N) is 1. The van der Waals surface area contributed by atoms with Crippen LogP contribution in [0.1, 0.15) is 35.5 Å². The third kappa shape index (κ3) is 3.33. The average molecular weight is 327 g/mol. The average Bonchev–Trinajstić information content (AvgIpc) is 2.94. The Labute approximate surface area is 141 Å². The van der Waals surface area contributed by atoms with Crippen LogP contribution in [-0.2, 0) is 13.0 Å². The van der Waals surface area contributed by atoms with E-state index in [2.05, 4.69) is 10.3 Å². The van der Waals surface area contributed by atoms with Gasteiger partial charge in [-0.1, -0.05) is 0 Å². The summed E-state index contributed by atoms with van der Waals surface area (Å²) in [5.74, 6) is 1.20. The molecule has 0 radical (unpaired) electrons. The fraction of sp³-hybridized carbons (Fsp3) is 0.333. The van der Waals surface area contributed by atoms with Crippen molar-refractivity contribution >= 4 is 11.6 Å². The highest BCUT2D eigenvalue weighted by molar-refractivity contribution is 6.05. The van der Waals surface area contributed by atoms with Crippen LogP contribution in [-0.4, -0.2) is 23.6 Å². The lowest BCUT2D eigenvalue weighted by atomic mass is 10.1. The molecule has 0 spiro atoms. The maximum Gasteiger partial charge on any atom is 0.255 e. The van der Waals surface area contributed by atoms with Crippen molar-refractivity contribution < 1.29 is 14.3 Å². The SMILES string of the molecule is CCOc1cc2c(cc1NC(=O)c1ccnc(CN)c1)OC(C)C2. The zero-order chi connectivity index (χ0) is 17.1. The molecule has 0 aliphatic carbocycles. The first kappa shape index (κ1) is 16.3. The summed E-state index contributed by atoms with van der Waals surface area (Å²) in [5.41, 5.74) is 8.44. The first-order chi connectivity index (χ1) is 11.6. The van der Waals surface area contributed by atoms with Gasteiger partial charge in [-0.05, 0) is 32.0 Å². The minimum Gasteiger partial charge on any atom is -0.492 e. The van der Waals surface area contributed by atoms with Gasteiger partial charge >= 0.3 is 0 Å².